The molecule has 7 nitrogen and oxygen atoms in total. The molecule has 1 spiro atoms. The molecule has 3 aromatic rings. The number of halogens is 3. The molecule has 43 heavy (non-hydrogen) atoms. The Morgan fingerprint density at radius 2 is 1.79 bits per heavy atom. The van der Waals surface area contributed by atoms with Gasteiger partial charge in [-0.25, -0.2) is 22.9 Å². The van der Waals surface area contributed by atoms with Crippen LogP contribution in [0, 0.1) is 28.8 Å². The number of hydrogen-bond donors (Lipinski definition) is 1. The van der Waals surface area contributed by atoms with Gasteiger partial charge < -0.3 is 15.1 Å². The molecule has 3 atom stereocenters. The van der Waals surface area contributed by atoms with Crippen LogP contribution in [0.15, 0.2) is 47.5 Å². The maximum atomic E-state index is 15.1. The van der Waals surface area contributed by atoms with Crippen molar-refractivity contribution in [2.45, 2.75) is 83.5 Å². The van der Waals surface area contributed by atoms with E-state index < -0.39 is 23.5 Å². The fourth-order valence-electron chi connectivity index (χ4n) is 7.86. The number of piperidine rings is 2. The minimum absolute atomic E-state index is 0.0889. The lowest BCUT2D eigenvalue weighted by atomic mass is 9.69. The summed E-state index contributed by atoms with van der Waals surface area (Å²) in [6, 6.07) is 7.15. The van der Waals surface area contributed by atoms with Crippen molar-refractivity contribution < 1.29 is 18.0 Å². The highest BCUT2D eigenvalue weighted by molar-refractivity contribution is 5.77. The Labute approximate surface area is 250 Å². The summed E-state index contributed by atoms with van der Waals surface area (Å²) in [6.45, 7) is 6.10. The zero-order chi connectivity index (χ0) is 30.3. The Morgan fingerprint density at radius 3 is 2.56 bits per heavy atom. The molecule has 3 fully saturated rings. The zero-order valence-electron chi connectivity index (χ0n) is 24.9. The Kier molecular flexibility index (Phi) is 8.24. The van der Waals surface area contributed by atoms with Gasteiger partial charge in [-0.3, -0.25) is 9.36 Å². The van der Waals surface area contributed by atoms with Crippen molar-refractivity contribution in [1.82, 2.24) is 24.7 Å². The Bertz CT molecular complexity index is 1550. The lowest BCUT2D eigenvalue weighted by Gasteiger charge is -2.49. The van der Waals surface area contributed by atoms with Crippen LogP contribution in [-0.2, 0) is 6.54 Å². The standard InChI is InChI=1S/C33H40F3N5O2/c1-21(2)38-25-10-14-41(30(17-25)26-15-23(34)5-7-28(26)36)32(43)39-13-9-22(33(19-39)11-3-4-12-33)18-40-20-37-29-8-6-24(35)16-27(29)31(40)42/h5-8,15-16,20-22,25,30,38H,3-4,9-14,17-19H2,1-2H3/t22-,25+,30-/m0/s1. The van der Waals surface area contributed by atoms with E-state index in [2.05, 4.69) is 24.1 Å². The zero-order valence-corrected chi connectivity index (χ0v) is 24.9. The van der Waals surface area contributed by atoms with E-state index in [4.69, 9.17) is 0 Å². The molecule has 2 aromatic carbocycles. The number of fused-ring (bicyclic) bond motifs is 1. The monoisotopic (exact) mass is 595 g/mol. The summed E-state index contributed by atoms with van der Waals surface area (Å²) in [6.07, 6.45) is 7.51. The molecule has 2 aliphatic heterocycles. The van der Waals surface area contributed by atoms with Gasteiger partial charge in [0, 0.05) is 43.8 Å². The van der Waals surface area contributed by atoms with Gasteiger partial charge in [0.15, 0.2) is 0 Å². The second-order valence-electron chi connectivity index (χ2n) is 13.0. The number of rotatable bonds is 5. The van der Waals surface area contributed by atoms with E-state index in [0.29, 0.717) is 44.5 Å². The van der Waals surface area contributed by atoms with Gasteiger partial charge in [-0.1, -0.05) is 26.7 Å². The fraction of sp³-hybridized carbons (Fsp3) is 0.545. The van der Waals surface area contributed by atoms with Crippen LogP contribution in [0.3, 0.4) is 0 Å². The first-order valence-electron chi connectivity index (χ1n) is 15.5. The van der Waals surface area contributed by atoms with Crippen LogP contribution in [0.5, 0.6) is 0 Å². The number of nitrogens with zero attached hydrogens (tertiary/aromatic N) is 4. The molecule has 1 saturated carbocycles. The van der Waals surface area contributed by atoms with Gasteiger partial charge in [0.05, 0.1) is 23.3 Å². The highest BCUT2D eigenvalue weighted by Gasteiger charge is 2.48. The van der Waals surface area contributed by atoms with E-state index in [1.54, 1.807) is 15.8 Å². The van der Waals surface area contributed by atoms with Crippen molar-refractivity contribution in [1.29, 1.82) is 0 Å². The summed E-state index contributed by atoms with van der Waals surface area (Å²) in [4.78, 5) is 35.5. The van der Waals surface area contributed by atoms with Gasteiger partial charge >= 0.3 is 6.03 Å². The minimum Gasteiger partial charge on any atom is -0.324 e. The van der Waals surface area contributed by atoms with Crippen LogP contribution in [0.4, 0.5) is 18.0 Å². The van der Waals surface area contributed by atoms with Crippen LogP contribution in [0.1, 0.15) is 70.4 Å². The number of urea groups is 1. The maximum absolute atomic E-state index is 15.1. The average Bonchev–Trinajstić information content (AvgIpc) is 3.45. The minimum atomic E-state index is -0.576. The number of amides is 2. The average molecular weight is 596 g/mol. The molecule has 10 heteroatoms. The number of nitrogens with one attached hydrogen (secondary N) is 1. The summed E-state index contributed by atoms with van der Waals surface area (Å²) < 4.78 is 44.9. The first-order valence-corrected chi connectivity index (χ1v) is 15.5. The first kappa shape index (κ1) is 29.7. The van der Waals surface area contributed by atoms with E-state index >= 15 is 4.39 Å². The molecule has 1 N–H and O–H groups in total. The van der Waals surface area contributed by atoms with Crippen LogP contribution in [0.25, 0.3) is 10.9 Å². The van der Waals surface area contributed by atoms with Gasteiger partial charge in [0.25, 0.3) is 5.56 Å². The smallest absolute Gasteiger partial charge is 0.320 e. The third-order valence-corrected chi connectivity index (χ3v) is 9.93. The van der Waals surface area contributed by atoms with E-state index in [-0.39, 0.29) is 46.0 Å². The van der Waals surface area contributed by atoms with Crippen LogP contribution < -0.4 is 10.9 Å². The van der Waals surface area contributed by atoms with Crippen molar-refractivity contribution in [2.75, 3.05) is 19.6 Å². The van der Waals surface area contributed by atoms with E-state index in [1.807, 2.05) is 4.90 Å². The Hall–Kier alpha value is -3.40. The summed E-state index contributed by atoms with van der Waals surface area (Å²) in [5.74, 6) is -1.34. The highest BCUT2D eigenvalue weighted by Crippen LogP contribution is 2.49. The lowest BCUT2D eigenvalue weighted by Crippen LogP contribution is -2.57. The van der Waals surface area contributed by atoms with E-state index in [9.17, 15) is 18.4 Å². The molecular formula is C33H40F3N5O2. The van der Waals surface area contributed by atoms with E-state index in [1.165, 1.54) is 24.3 Å². The van der Waals surface area contributed by atoms with Gasteiger partial charge in [0.2, 0.25) is 0 Å². The number of likely N-dealkylation sites (tertiary alicyclic amines) is 2. The van der Waals surface area contributed by atoms with Gasteiger partial charge in [-0.2, -0.15) is 0 Å². The summed E-state index contributed by atoms with van der Waals surface area (Å²) in [7, 11) is 0. The second kappa shape index (κ2) is 11.9. The molecule has 2 amide bonds. The predicted octanol–water partition coefficient (Wildman–Crippen LogP) is 6.02. The highest BCUT2D eigenvalue weighted by atomic mass is 19.1. The number of benzene rings is 2. The summed E-state index contributed by atoms with van der Waals surface area (Å²) in [5.41, 5.74) is 0.277. The van der Waals surface area contributed by atoms with Gasteiger partial charge in [-0.15, -0.1) is 0 Å². The van der Waals surface area contributed by atoms with Crippen LogP contribution in [0.2, 0.25) is 0 Å². The van der Waals surface area contributed by atoms with E-state index in [0.717, 1.165) is 44.2 Å². The molecule has 1 aromatic heterocycles. The van der Waals surface area contributed by atoms with Crippen molar-refractivity contribution in [3.05, 3.63) is 76.1 Å². The van der Waals surface area contributed by atoms with Crippen molar-refractivity contribution in [3.8, 4) is 0 Å². The quantitative estimate of drug-likeness (QED) is 0.392. The molecule has 0 bridgehead atoms. The fourth-order valence-corrected chi connectivity index (χ4v) is 7.86. The van der Waals surface area contributed by atoms with Crippen LogP contribution >= 0.6 is 0 Å². The molecule has 0 radical (unpaired) electrons. The van der Waals surface area contributed by atoms with Crippen molar-refractivity contribution in [2.24, 2.45) is 11.3 Å². The number of carbonyl (C=O) groups excluding carboxylic acids is 1. The largest absolute Gasteiger partial charge is 0.324 e. The topological polar surface area (TPSA) is 70.5 Å². The normalized spacial score (nSPS) is 23.9. The number of hydrogen-bond acceptors (Lipinski definition) is 4. The third-order valence-electron chi connectivity index (χ3n) is 9.93. The molecule has 2 saturated heterocycles. The Balaban J connectivity index is 1.24. The summed E-state index contributed by atoms with van der Waals surface area (Å²) in [5, 5.41) is 3.79. The van der Waals surface area contributed by atoms with Crippen molar-refractivity contribution >= 4 is 16.9 Å². The van der Waals surface area contributed by atoms with Crippen molar-refractivity contribution in [3.63, 3.8) is 0 Å². The molecule has 0 unspecified atom stereocenters. The van der Waals surface area contributed by atoms with Crippen LogP contribution in [-0.4, -0.2) is 57.1 Å². The molecular weight excluding hydrogens is 555 g/mol. The first-order chi connectivity index (χ1) is 20.6. The SMILES string of the molecule is CC(C)N[C@@H]1CCN(C(=O)N2CC[C@@H](Cn3cnc4ccc(F)cc4c3=O)C3(CCCC3)C2)[C@H](c2cc(F)ccc2F)C1. The number of carbonyl (C=O) groups is 1. The number of aromatic nitrogens is 2. The molecule has 3 aliphatic rings. The molecule has 3 heterocycles. The third kappa shape index (κ3) is 5.90. The van der Waals surface area contributed by atoms with Gasteiger partial charge in [-0.05, 0) is 79.8 Å². The molecule has 1 aliphatic carbocycles. The van der Waals surface area contributed by atoms with Gasteiger partial charge in [0.1, 0.15) is 17.5 Å². The molecule has 6 rings (SSSR count). The summed E-state index contributed by atoms with van der Waals surface area (Å²) >= 11 is 0. The Morgan fingerprint density at radius 1 is 1.05 bits per heavy atom. The molecule has 230 valence electrons. The second-order valence-corrected chi connectivity index (χ2v) is 13.0. The predicted molar refractivity (Wildman–Crippen MR) is 159 cm³/mol. The lowest BCUT2D eigenvalue weighted by molar-refractivity contribution is 0.0202. The maximum Gasteiger partial charge on any atom is 0.320 e.